The number of ether oxygens (including phenoxy) is 2. The first-order valence-electron chi connectivity index (χ1n) is 6.99. The van der Waals surface area contributed by atoms with Crippen molar-refractivity contribution in [1.82, 2.24) is 0 Å². The zero-order chi connectivity index (χ0) is 15.5. The molecule has 108 valence electrons. The lowest BCUT2D eigenvalue weighted by Crippen LogP contribution is -2.03. The normalized spacial score (nSPS) is 15.7. The van der Waals surface area contributed by atoms with E-state index in [1.54, 1.807) is 0 Å². The first-order chi connectivity index (χ1) is 10.7. The molecule has 1 heterocycles. The molecule has 0 radical (unpaired) electrons. The standard InChI is InChI=1S/C18H14N2O2/c1-12-3-8-16(18(20-2)17(12)9-19)13-4-6-14(7-5-13)21-10-15-11-22-15/h3-8,15H,10-11H2,1H3. The van der Waals surface area contributed by atoms with Crippen LogP contribution in [0.2, 0.25) is 0 Å². The molecule has 0 N–H and O–H groups in total. The first-order valence-corrected chi connectivity index (χ1v) is 6.99. The fourth-order valence-electron chi connectivity index (χ4n) is 2.27. The number of nitriles is 1. The van der Waals surface area contributed by atoms with E-state index in [9.17, 15) is 5.26 Å². The summed E-state index contributed by atoms with van der Waals surface area (Å²) in [6.45, 7) is 10.5. The molecule has 1 aliphatic heterocycles. The molecule has 4 nitrogen and oxygen atoms in total. The van der Waals surface area contributed by atoms with Crippen molar-refractivity contribution < 1.29 is 9.47 Å². The monoisotopic (exact) mass is 290 g/mol. The Kier molecular flexibility index (Phi) is 3.78. The number of rotatable bonds is 4. The Labute approximate surface area is 129 Å². The van der Waals surface area contributed by atoms with E-state index in [0.717, 1.165) is 29.0 Å². The van der Waals surface area contributed by atoms with Gasteiger partial charge in [0.05, 0.1) is 24.8 Å². The Morgan fingerprint density at radius 2 is 2.05 bits per heavy atom. The lowest BCUT2D eigenvalue weighted by Gasteiger charge is -2.09. The van der Waals surface area contributed by atoms with E-state index in [2.05, 4.69) is 10.9 Å². The minimum Gasteiger partial charge on any atom is -0.491 e. The van der Waals surface area contributed by atoms with Crippen molar-refractivity contribution in [1.29, 1.82) is 5.26 Å². The molecule has 0 saturated carbocycles. The molecule has 2 aromatic carbocycles. The molecule has 22 heavy (non-hydrogen) atoms. The summed E-state index contributed by atoms with van der Waals surface area (Å²) >= 11 is 0. The third-order valence-electron chi connectivity index (χ3n) is 3.61. The van der Waals surface area contributed by atoms with Crippen LogP contribution in [-0.4, -0.2) is 19.3 Å². The van der Waals surface area contributed by atoms with Crippen molar-refractivity contribution in [3.63, 3.8) is 0 Å². The molecular formula is C18H14N2O2. The quantitative estimate of drug-likeness (QED) is 0.634. The highest BCUT2D eigenvalue weighted by Gasteiger charge is 2.23. The number of aryl methyl sites for hydroxylation is 1. The van der Waals surface area contributed by atoms with Crippen molar-refractivity contribution >= 4 is 5.69 Å². The lowest BCUT2D eigenvalue weighted by molar-refractivity contribution is 0.263. The molecular weight excluding hydrogens is 276 g/mol. The molecule has 1 atom stereocenters. The molecule has 1 fully saturated rings. The second-order valence-corrected chi connectivity index (χ2v) is 5.17. The van der Waals surface area contributed by atoms with Crippen molar-refractivity contribution in [2.24, 2.45) is 0 Å². The van der Waals surface area contributed by atoms with Gasteiger partial charge in [-0.15, -0.1) is 0 Å². The van der Waals surface area contributed by atoms with Crippen molar-refractivity contribution in [2.75, 3.05) is 13.2 Å². The number of hydrogen-bond acceptors (Lipinski definition) is 3. The molecule has 0 spiro atoms. The van der Waals surface area contributed by atoms with E-state index in [-0.39, 0.29) is 6.10 Å². The van der Waals surface area contributed by atoms with Gasteiger partial charge >= 0.3 is 0 Å². The summed E-state index contributed by atoms with van der Waals surface area (Å²) in [7, 11) is 0. The van der Waals surface area contributed by atoms with Crippen LogP contribution < -0.4 is 4.74 Å². The SMILES string of the molecule is [C-]#[N+]c1c(-c2ccc(OCC3CO3)cc2)ccc(C)c1C#N. The van der Waals surface area contributed by atoms with Crippen LogP contribution in [0.15, 0.2) is 36.4 Å². The molecule has 4 heteroatoms. The van der Waals surface area contributed by atoms with Crippen LogP contribution in [0.25, 0.3) is 16.0 Å². The van der Waals surface area contributed by atoms with Gasteiger partial charge in [0.25, 0.3) is 0 Å². The summed E-state index contributed by atoms with van der Waals surface area (Å²) in [6, 6.07) is 13.4. The van der Waals surface area contributed by atoms with Crippen molar-refractivity contribution in [3.05, 3.63) is 58.9 Å². The molecule has 0 amide bonds. The summed E-state index contributed by atoms with van der Waals surface area (Å²) in [6.07, 6.45) is 0.226. The van der Waals surface area contributed by atoms with Crippen LogP contribution in [0.5, 0.6) is 5.75 Å². The number of benzene rings is 2. The molecule has 1 unspecified atom stereocenters. The first kappa shape index (κ1) is 14.1. The Balaban J connectivity index is 1.90. The van der Waals surface area contributed by atoms with E-state index in [1.807, 2.05) is 43.3 Å². The predicted octanol–water partition coefficient (Wildman–Crippen LogP) is 3.86. The van der Waals surface area contributed by atoms with Crippen LogP contribution in [0.4, 0.5) is 5.69 Å². The maximum absolute atomic E-state index is 9.25. The average Bonchev–Trinajstić information content (AvgIpc) is 3.37. The van der Waals surface area contributed by atoms with Gasteiger partial charge in [0, 0.05) is 0 Å². The third kappa shape index (κ3) is 2.79. The Bertz CT molecular complexity index is 778. The predicted molar refractivity (Wildman–Crippen MR) is 82.8 cm³/mol. The summed E-state index contributed by atoms with van der Waals surface area (Å²) in [4.78, 5) is 3.55. The number of hydrogen-bond donors (Lipinski definition) is 0. The van der Waals surface area contributed by atoms with E-state index in [0.29, 0.717) is 17.9 Å². The van der Waals surface area contributed by atoms with Crippen LogP contribution in [0.3, 0.4) is 0 Å². The van der Waals surface area contributed by atoms with Crippen LogP contribution in [-0.2, 0) is 4.74 Å². The Morgan fingerprint density at radius 1 is 1.32 bits per heavy atom. The largest absolute Gasteiger partial charge is 0.491 e. The van der Waals surface area contributed by atoms with Gasteiger partial charge in [-0.1, -0.05) is 24.3 Å². The molecule has 0 aromatic heterocycles. The summed E-state index contributed by atoms with van der Waals surface area (Å²) < 4.78 is 10.7. The fourth-order valence-corrected chi connectivity index (χ4v) is 2.27. The van der Waals surface area contributed by atoms with E-state index >= 15 is 0 Å². The van der Waals surface area contributed by atoms with Gasteiger partial charge in [0.15, 0.2) is 0 Å². The third-order valence-corrected chi connectivity index (χ3v) is 3.61. The average molecular weight is 290 g/mol. The van der Waals surface area contributed by atoms with Gasteiger partial charge < -0.3 is 9.47 Å². The molecule has 1 saturated heterocycles. The Morgan fingerprint density at radius 3 is 2.64 bits per heavy atom. The second kappa shape index (κ2) is 5.89. The lowest BCUT2D eigenvalue weighted by atomic mass is 9.97. The zero-order valence-corrected chi connectivity index (χ0v) is 12.2. The number of epoxide rings is 1. The molecule has 1 aliphatic rings. The van der Waals surface area contributed by atoms with E-state index in [4.69, 9.17) is 16.0 Å². The van der Waals surface area contributed by atoms with Crippen molar-refractivity contribution in [3.8, 4) is 22.9 Å². The van der Waals surface area contributed by atoms with Gasteiger partial charge in [-0.3, -0.25) is 0 Å². The van der Waals surface area contributed by atoms with E-state index in [1.165, 1.54) is 0 Å². The number of nitrogens with zero attached hydrogens (tertiary/aromatic N) is 2. The fraction of sp³-hybridized carbons (Fsp3) is 0.222. The van der Waals surface area contributed by atoms with Gasteiger partial charge in [0.1, 0.15) is 18.5 Å². The smallest absolute Gasteiger partial charge is 0.212 e. The summed E-state index contributed by atoms with van der Waals surface area (Å²) in [5.41, 5.74) is 3.34. The van der Waals surface area contributed by atoms with Gasteiger partial charge in [-0.05, 0) is 35.7 Å². The highest BCUT2D eigenvalue weighted by Crippen LogP contribution is 2.35. The highest BCUT2D eigenvalue weighted by molar-refractivity contribution is 5.83. The maximum atomic E-state index is 9.25. The minimum absolute atomic E-state index is 0.226. The second-order valence-electron chi connectivity index (χ2n) is 5.17. The molecule has 3 rings (SSSR count). The molecule has 0 bridgehead atoms. The minimum atomic E-state index is 0.226. The summed E-state index contributed by atoms with van der Waals surface area (Å²) in [5, 5.41) is 9.25. The summed E-state index contributed by atoms with van der Waals surface area (Å²) in [5.74, 6) is 0.774. The van der Waals surface area contributed by atoms with Gasteiger partial charge in [-0.2, -0.15) is 5.26 Å². The maximum Gasteiger partial charge on any atom is 0.212 e. The van der Waals surface area contributed by atoms with Crippen LogP contribution in [0.1, 0.15) is 11.1 Å². The highest BCUT2D eigenvalue weighted by atomic mass is 16.6. The Hall–Kier alpha value is -2.82. The molecule has 2 aromatic rings. The topological polar surface area (TPSA) is 49.9 Å². The van der Waals surface area contributed by atoms with Gasteiger partial charge in [-0.25, -0.2) is 4.85 Å². The van der Waals surface area contributed by atoms with E-state index < -0.39 is 0 Å². The molecule has 0 aliphatic carbocycles. The zero-order valence-electron chi connectivity index (χ0n) is 12.2. The van der Waals surface area contributed by atoms with Crippen molar-refractivity contribution in [2.45, 2.75) is 13.0 Å². The van der Waals surface area contributed by atoms with Crippen LogP contribution >= 0.6 is 0 Å². The van der Waals surface area contributed by atoms with Gasteiger partial charge in [0.2, 0.25) is 5.69 Å². The van der Waals surface area contributed by atoms with Crippen LogP contribution in [0, 0.1) is 24.8 Å².